The minimum atomic E-state index is -0.995. The van der Waals surface area contributed by atoms with Crippen LogP contribution in [0.2, 0.25) is 0 Å². The van der Waals surface area contributed by atoms with Crippen LogP contribution in [0.3, 0.4) is 0 Å². The number of aliphatic carboxylic acids is 1. The molecular weight excluding hydrogens is 456 g/mol. The number of aromatic nitrogens is 3. The number of carboxylic acids is 1. The molecule has 0 saturated carbocycles. The first-order chi connectivity index (χ1) is 16.6. The summed E-state index contributed by atoms with van der Waals surface area (Å²) < 4.78 is 12.5. The molecule has 3 aromatic rings. The molecule has 0 aliphatic heterocycles. The van der Waals surface area contributed by atoms with Crippen LogP contribution in [-0.4, -0.2) is 49.5 Å². The molecule has 0 bridgehead atoms. The summed E-state index contributed by atoms with van der Waals surface area (Å²) in [4.78, 5) is 35.5. The standard InChI is InChI=1S/C24H28N4O7/c1-5-25-24(33)22-21(16-9-10-28(4)26-16)23(35-27-22)15-11-14(13(2)3)18(12-17(15)29)34-20(32)8-6-7-19(30)31/h9-13,29H,5-8H2,1-4H3,(H,25,33)(H,30,31). The first kappa shape index (κ1) is 25.5. The first-order valence-electron chi connectivity index (χ1n) is 11.2. The highest BCUT2D eigenvalue weighted by Crippen LogP contribution is 2.43. The highest BCUT2D eigenvalue weighted by molar-refractivity contribution is 6.02. The molecule has 0 atom stereocenters. The van der Waals surface area contributed by atoms with Gasteiger partial charge in [-0.25, -0.2) is 0 Å². The lowest BCUT2D eigenvalue weighted by Gasteiger charge is -2.15. The zero-order valence-corrected chi connectivity index (χ0v) is 20.0. The van der Waals surface area contributed by atoms with E-state index in [1.165, 1.54) is 6.07 Å². The van der Waals surface area contributed by atoms with Crippen molar-refractivity contribution in [2.45, 2.75) is 46.0 Å². The molecule has 0 saturated heterocycles. The van der Waals surface area contributed by atoms with E-state index in [0.29, 0.717) is 23.4 Å². The Morgan fingerprint density at radius 1 is 1.23 bits per heavy atom. The van der Waals surface area contributed by atoms with Crippen molar-refractivity contribution in [3.05, 3.63) is 35.7 Å². The Balaban J connectivity index is 2.05. The molecule has 186 valence electrons. The lowest BCUT2D eigenvalue weighted by molar-refractivity contribution is -0.137. The summed E-state index contributed by atoms with van der Waals surface area (Å²) in [5, 5.41) is 30.6. The number of amides is 1. The number of carbonyl (C=O) groups excluding carboxylic acids is 2. The van der Waals surface area contributed by atoms with E-state index >= 15 is 0 Å². The number of phenols is 1. The quantitative estimate of drug-likeness (QED) is 0.289. The average molecular weight is 485 g/mol. The van der Waals surface area contributed by atoms with E-state index in [-0.39, 0.29) is 53.7 Å². The molecule has 2 aromatic heterocycles. The van der Waals surface area contributed by atoms with Crippen LogP contribution in [-0.2, 0) is 16.6 Å². The van der Waals surface area contributed by atoms with Crippen LogP contribution in [0.15, 0.2) is 28.9 Å². The SMILES string of the molecule is CCNC(=O)c1noc(-c2cc(C(C)C)c(OC(=O)CCCC(=O)O)cc2O)c1-c1ccn(C)n1. The fraction of sp³-hybridized carbons (Fsp3) is 0.375. The largest absolute Gasteiger partial charge is 0.507 e. The van der Waals surface area contributed by atoms with Crippen LogP contribution >= 0.6 is 0 Å². The van der Waals surface area contributed by atoms with Gasteiger partial charge in [0.2, 0.25) is 0 Å². The average Bonchev–Trinajstić information content (AvgIpc) is 3.39. The number of carbonyl (C=O) groups is 3. The van der Waals surface area contributed by atoms with Gasteiger partial charge in [0, 0.05) is 38.7 Å². The number of nitrogens with one attached hydrogen (secondary N) is 1. The fourth-order valence-corrected chi connectivity index (χ4v) is 3.52. The van der Waals surface area contributed by atoms with Crippen LogP contribution in [0, 0.1) is 0 Å². The predicted octanol–water partition coefficient (Wildman–Crippen LogP) is 3.48. The molecule has 0 unspecified atom stereocenters. The summed E-state index contributed by atoms with van der Waals surface area (Å²) in [6.45, 7) is 5.94. The van der Waals surface area contributed by atoms with Gasteiger partial charge in [-0.2, -0.15) is 5.10 Å². The second-order valence-electron chi connectivity index (χ2n) is 8.25. The van der Waals surface area contributed by atoms with Crippen LogP contribution < -0.4 is 10.1 Å². The van der Waals surface area contributed by atoms with Gasteiger partial charge in [-0.1, -0.05) is 19.0 Å². The summed E-state index contributed by atoms with van der Waals surface area (Å²) >= 11 is 0. The molecular formula is C24H28N4O7. The van der Waals surface area contributed by atoms with Gasteiger partial charge in [-0.3, -0.25) is 19.1 Å². The normalized spacial score (nSPS) is 11.0. The minimum absolute atomic E-state index is 0.0278. The van der Waals surface area contributed by atoms with Crippen molar-refractivity contribution in [2.75, 3.05) is 6.54 Å². The van der Waals surface area contributed by atoms with Crippen LogP contribution in [0.1, 0.15) is 62.0 Å². The van der Waals surface area contributed by atoms with Crippen LogP contribution in [0.4, 0.5) is 0 Å². The summed E-state index contributed by atoms with van der Waals surface area (Å²) in [6.07, 6.45) is 1.63. The summed E-state index contributed by atoms with van der Waals surface area (Å²) in [7, 11) is 1.73. The number of phenolic OH excluding ortho intramolecular Hbond substituents is 1. The van der Waals surface area contributed by atoms with E-state index < -0.39 is 17.8 Å². The summed E-state index contributed by atoms with van der Waals surface area (Å²) in [5.74, 6) is -2.11. The maximum atomic E-state index is 12.6. The third kappa shape index (κ3) is 5.86. The molecule has 11 heteroatoms. The maximum absolute atomic E-state index is 12.6. The van der Waals surface area contributed by atoms with Crippen molar-refractivity contribution in [1.29, 1.82) is 0 Å². The number of aromatic hydroxyl groups is 1. The second kappa shape index (κ2) is 10.9. The van der Waals surface area contributed by atoms with Crippen LogP contribution in [0.25, 0.3) is 22.6 Å². The molecule has 3 rings (SSSR count). The van der Waals surface area contributed by atoms with Crippen molar-refractivity contribution in [1.82, 2.24) is 20.3 Å². The van der Waals surface area contributed by atoms with Crippen molar-refractivity contribution < 1.29 is 33.9 Å². The molecule has 0 spiro atoms. The van der Waals surface area contributed by atoms with E-state index in [2.05, 4.69) is 15.6 Å². The third-order valence-corrected chi connectivity index (χ3v) is 5.20. The zero-order chi connectivity index (χ0) is 25.7. The van der Waals surface area contributed by atoms with Crippen molar-refractivity contribution in [3.8, 4) is 34.1 Å². The Morgan fingerprint density at radius 3 is 2.57 bits per heavy atom. The van der Waals surface area contributed by atoms with Crippen molar-refractivity contribution >= 4 is 17.8 Å². The molecule has 11 nitrogen and oxygen atoms in total. The van der Waals surface area contributed by atoms with E-state index in [1.807, 2.05) is 13.8 Å². The Labute approximate surface area is 201 Å². The highest BCUT2D eigenvalue weighted by Gasteiger charge is 2.28. The number of carboxylic acid groups (broad SMARTS) is 1. The fourth-order valence-electron chi connectivity index (χ4n) is 3.52. The number of rotatable bonds is 10. The first-order valence-corrected chi connectivity index (χ1v) is 11.2. The topological polar surface area (TPSA) is 157 Å². The zero-order valence-electron chi connectivity index (χ0n) is 20.0. The number of nitrogens with zero attached hydrogens (tertiary/aromatic N) is 3. The lowest BCUT2D eigenvalue weighted by atomic mass is 9.95. The number of ether oxygens (including phenoxy) is 1. The van der Waals surface area contributed by atoms with Crippen LogP contribution in [0.5, 0.6) is 11.5 Å². The molecule has 1 aromatic carbocycles. The second-order valence-corrected chi connectivity index (χ2v) is 8.25. The molecule has 2 heterocycles. The number of aryl methyl sites for hydroxylation is 1. The minimum Gasteiger partial charge on any atom is -0.507 e. The molecule has 1 amide bonds. The smallest absolute Gasteiger partial charge is 0.311 e. The summed E-state index contributed by atoms with van der Waals surface area (Å²) in [5.41, 5.74) is 1.64. The summed E-state index contributed by atoms with van der Waals surface area (Å²) in [6, 6.07) is 4.62. The van der Waals surface area contributed by atoms with Crippen molar-refractivity contribution in [3.63, 3.8) is 0 Å². The Bertz CT molecular complexity index is 1240. The molecule has 0 radical (unpaired) electrons. The van der Waals surface area contributed by atoms with Gasteiger partial charge in [0.1, 0.15) is 11.5 Å². The molecule has 35 heavy (non-hydrogen) atoms. The van der Waals surface area contributed by atoms with Gasteiger partial charge in [-0.05, 0) is 37.0 Å². The van der Waals surface area contributed by atoms with E-state index in [9.17, 15) is 19.5 Å². The van der Waals surface area contributed by atoms with Gasteiger partial charge >= 0.3 is 11.9 Å². The van der Waals surface area contributed by atoms with Crippen molar-refractivity contribution in [2.24, 2.45) is 7.05 Å². The number of benzene rings is 1. The molecule has 3 N–H and O–H groups in total. The highest BCUT2D eigenvalue weighted by atomic mass is 16.5. The van der Waals surface area contributed by atoms with E-state index in [0.717, 1.165) is 0 Å². The maximum Gasteiger partial charge on any atom is 0.311 e. The Kier molecular flexibility index (Phi) is 7.90. The Morgan fingerprint density at radius 2 is 1.97 bits per heavy atom. The number of esters is 1. The monoisotopic (exact) mass is 484 g/mol. The van der Waals surface area contributed by atoms with E-state index in [4.69, 9.17) is 14.4 Å². The number of hydrogen-bond acceptors (Lipinski definition) is 8. The van der Waals surface area contributed by atoms with Gasteiger partial charge < -0.3 is 24.8 Å². The van der Waals surface area contributed by atoms with Gasteiger partial charge in [0.05, 0.1) is 16.8 Å². The number of hydrogen-bond donors (Lipinski definition) is 3. The van der Waals surface area contributed by atoms with Gasteiger partial charge in [0.25, 0.3) is 5.91 Å². The van der Waals surface area contributed by atoms with E-state index in [1.54, 1.807) is 37.0 Å². The Hall–Kier alpha value is -4.15. The predicted molar refractivity (Wildman–Crippen MR) is 125 cm³/mol. The van der Waals surface area contributed by atoms with Gasteiger partial charge in [0.15, 0.2) is 11.5 Å². The molecule has 0 aliphatic carbocycles. The third-order valence-electron chi connectivity index (χ3n) is 5.20. The molecule has 0 fully saturated rings. The molecule has 0 aliphatic rings. The lowest BCUT2D eigenvalue weighted by Crippen LogP contribution is -2.23. The van der Waals surface area contributed by atoms with Gasteiger partial charge in [-0.15, -0.1) is 0 Å².